The first-order valence-corrected chi connectivity index (χ1v) is 6.07. The summed E-state index contributed by atoms with van der Waals surface area (Å²) in [6, 6.07) is 4.09. The Labute approximate surface area is 103 Å². The van der Waals surface area contributed by atoms with Crippen LogP contribution in [-0.2, 0) is 4.74 Å². The van der Waals surface area contributed by atoms with Crippen molar-refractivity contribution >= 4 is 5.69 Å². The maximum absolute atomic E-state index is 5.80. The molecule has 2 heterocycles. The van der Waals surface area contributed by atoms with Crippen LogP contribution >= 0.6 is 0 Å². The third-order valence-corrected chi connectivity index (χ3v) is 3.19. The molecule has 4 heteroatoms. The number of aromatic nitrogens is 1. The number of hydrogen-bond donors (Lipinski definition) is 1. The molecule has 1 fully saturated rings. The summed E-state index contributed by atoms with van der Waals surface area (Å²) in [6.45, 7) is 8.75. The van der Waals surface area contributed by atoms with Gasteiger partial charge in [0.2, 0.25) is 0 Å². The average Bonchev–Trinajstić information content (AvgIpc) is 2.28. The maximum atomic E-state index is 5.80. The van der Waals surface area contributed by atoms with Gasteiger partial charge in [-0.2, -0.15) is 0 Å². The van der Waals surface area contributed by atoms with Gasteiger partial charge in [-0.05, 0) is 32.9 Å². The van der Waals surface area contributed by atoms with E-state index in [1.807, 2.05) is 19.2 Å². The highest BCUT2D eigenvalue weighted by Gasteiger charge is 2.30. The number of nitrogens with two attached hydrogens (primary N) is 1. The van der Waals surface area contributed by atoms with Gasteiger partial charge in [0.15, 0.2) is 0 Å². The average molecular weight is 235 g/mol. The van der Waals surface area contributed by atoms with Crippen molar-refractivity contribution in [3.8, 4) is 0 Å². The number of hydrogen-bond acceptors (Lipinski definition) is 4. The van der Waals surface area contributed by atoms with Crippen molar-refractivity contribution in [1.29, 1.82) is 0 Å². The van der Waals surface area contributed by atoms with E-state index in [0.29, 0.717) is 0 Å². The van der Waals surface area contributed by atoms with Gasteiger partial charge in [0, 0.05) is 12.6 Å². The molecule has 17 heavy (non-hydrogen) atoms. The second-order valence-electron chi connectivity index (χ2n) is 5.25. The molecule has 1 unspecified atom stereocenters. The van der Waals surface area contributed by atoms with Crippen LogP contribution < -0.4 is 10.6 Å². The molecule has 94 valence electrons. The number of anilines is 1. The molecule has 0 aromatic carbocycles. The molecule has 0 saturated carbocycles. The lowest BCUT2D eigenvalue weighted by Crippen LogP contribution is -2.53. The van der Waals surface area contributed by atoms with Crippen LogP contribution in [0.25, 0.3) is 0 Å². The predicted octanol–water partition coefficient (Wildman–Crippen LogP) is 1.72. The van der Waals surface area contributed by atoms with E-state index in [-0.39, 0.29) is 11.6 Å². The highest BCUT2D eigenvalue weighted by molar-refractivity contribution is 5.48. The Morgan fingerprint density at radius 2 is 2.24 bits per heavy atom. The first-order chi connectivity index (χ1) is 8.00. The van der Waals surface area contributed by atoms with E-state index in [9.17, 15) is 0 Å². The van der Waals surface area contributed by atoms with E-state index < -0.39 is 0 Å². The molecule has 1 aliphatic heterocycles. The lowest BCUT2D eigenvalue weighted by Gasteiger charge is -2.43. The Hall–Kier alpha value is -1.13. The summed E-state index contributed by atoms with van der Waals surface area (Å²) in [5.74, 6) is 0. The van der Waals surface area contributed by atoms with Gasteiger partial charge in [-0.1, -0.05) is 0 Å². The summed E-state index contributed by atoms with van der Waals surface area (Å²) in [4.78, 5) is 6.75. The zero-order valence-corrected chi connectivity index (χ0v) is 10.8. The SMILES string of the molecule is CC(N)c1ccc(N2CCOCC2(C)C)cn1. The van der Waals surface area contributed by atoms with Crippen LogP contribution in [-0.4, -0.2) is 30.3 Å². The van der Waals surface area contributed by atoms with Crippen LogP contribution in [0.1, 0.15) is 32.5 Å². The quantitative estimate of drug-likeness (QED) is 0.848. The molecule has 4 nitrogen and oxygen atoms in total. The third kappa shape index (κ3) is 2.58. The summed E-state index contributed by atoms with van der Waals surface area (Å²) in [5.41, 5.74) is 7.89. The van der Waals surface area contributed by atoms with E-state index >= 15 is 0 Å². The summed E-state index contributed by atoms with van der Waals surface area (Å²) < 4.78 is 5.52. The Bertz CT molecular complexity index is 373. The minimum absolute atomic E-state index is 0.0123. The molecule has 0 bridgehead atoms. The smallest absolute Gasteiger partial charge is 0.0694 e. The summed E-state index contributed by atoms with van der Waals surface area (Å²) >= 11 is 0. The lowest BCUT2D eigenvalue weighted by atomic mass is 10.0. The molecular formula is C13H21N3O. The van der Waals surface area contributed by atoms with Crippen molar-refractivity contribution < 1.29 is 4.74 Å². The fraction of sp³-hybridized carbons (Fsp3) is 0.615. The van der Waals surface area contributed by atoms with Gasteiger partial charge in [-0.15, -0.1) is 0 Å². The summed E-state index contributed by atoms with van der Waals surface area (Å²) in [5, 5.41) is 0. The van der Waals surface area contributed by atoms with E-state index in [0.717, 1.165) is 31.1 Å². The van der Waals surface area contributed by atoms with Crippen LogP contribution in [0.4, 0.5) is 5.69 Å². The zero-order valence-electron chi connectivity index (χ0n) is 10.8. The Morgan fingerprint density at radius 3 is 2.76 bits per heavy atom. The van der Waals surface area contributed by atoms with Crippen molar-refractivity contribution in [3.63, 3.8) is 0 Å². The maximum Gasteiger partial charge on any atom is 0.0694 e. The molecule has 2 rings (SSSR count). The van der Waals surface area contributed by atoms with Gasteiger partial charge >= 0.3 is 0 Å². The molecule has 1 aromatic heterocycles. The first kappa shape index (κ1) is 12.3. The molecule has 1 atom stereocenters. The first-order valence-electron chi connectivity index (χ1n) is 6.07. The minimum atomic E-state index is -0.0123. The molecular weight excluding hydrogens is 214 g/mol. The van der Waals surface area contributed by atoms with E-state index in [4.69, 9.17) is 10.5 Å². The van der Waals surface area contributed by atoms with E-state index in [2.05, 4.69) is 29.8 Å². The van der Waals surface area contributed by atoms with Crippen LogP contribution in [0.5, 0.6) is 0 Å². The number of morpholine rings is 1. The van der Waals surface area contributed by atoms with Crippen molar-refractivity contribution in [3.05, 3.63) is 24.0 Å². The van der Waals surface area contributed by atoms with Gasteiger partial charge in [0.1, 0.15) is 0 Å². The minimum Gasteiger partial charge on any atom is -0.377 e. The second kappa shape index (κ2) is 4.63. The molecule has 1 aromatic rings. The second-order valence-corrected chi connectivity index (χ2v) is 5.25. The van der Waals surface area contributed by atoms with Crippen LogP contribution in [0.3, 0.4) is 0 Å². The lowest BCUT2D eigenvalue weighted by molar-refractivity contribution is 0.0643. The van der Waals surface area contributed by atoms with Crippen molar-refractivity contribution in [2.24, 2.45) is 5.73 Å². The van der Waals surface area contributed by atoms with Gasteiger partial charge in [0.05, 0.1) is 36.3 Å². The summed E-state index contributed by atoms with van der Waals surface area (Å²) in [6.07, 6.45) is 1.91. The predicted molar refractivity (Wildman–Crippen MR) is 69.1 cm³/mol. The highest BCUT2D eigenvalue weighted by atomic mass is 16.5. The Morgan fingerprint density at radius 1 is 1.47 bits per heavy atom. The number of rotatable bonds is 2. The highest BCUT2D eigenvalue weighted by Crippen LogP contribution is 2.26. The molecule has 1 saturated heterocycles. The molecule has 0 aliphatic carbocycles. The number of nitrogens with zero attached hydrogens (tertiary/aromatic N) is 2. The van der Waals surface area contributed by atoms with Crippen LogP contribution in [0, 0.1) is 0 Å². The van der Waals surface area contributed by atoms with Gasteiger partial charge in [-0.3, -0.25) is 4.98 Å². The molecule has 0 radical (unpaired) electrons. The Balaban J connectivity index is 2.21. The van der Waals surface area contributed by atoms with Crippen molar-refractivity contribution in [2.45, 2.75) is 32.4 Å². The number of ether oxygens (including phenoxy) is 1. The zero-order chi connectivity index (χ0) is 12.5. The van der Waals surface area contributed by atoms with E-state index in [1.54, 1.807) is 0 Å². The standard InChI is InChI=1S/C13H21N3O/c1-10(14)12-5-4-11(8-15-12)16-6-7-17-9-13(16,2)3/h4-5,8,10H,6-7,9,14H2,1-3H3. The van der Waals surface area contributed by atoms with Crippen molar-refractivity contribution in [1.82, 2.24) is 4.98 Å². The van der Waals surface area contributed by atoms with Crippen molar-refractivity contribution in [2.75, 3.05) is 24.7 Å². The van der Waals surface area contributed by atoms with E-state index in [1.165, 1.54) is 0 Å². The topological polar surface area (TPSA) is 51.4 Å². The molecule has 0 spiro atoms. The van der Waals surface area contributed by atoms with Gasteiger partial charge < -0.3 is 15.4 Å². The van der Waals surface area contributed by atoms with Crippen LogP contribution in [0.15, 0.2) is 18.3 Å². The molecule has 0 amide bonds. The third-order valence-electron chi connectivity index (χ3n) is 3.19. The molecule has 1 aliphatic rings. The Kier molecular flexibility index (Phi) is 3.35. The summed E-state index contributed by atoms with van der Waals surface area (Å²) in [7, 11) is 0. The van der Waals surface area contributed by atoms with Gasteiger partial charge in [0.25, 0.3) is 0 Å². The number of pyridine rings is 1. The largest absolute Gasteiger partial charge is 0.377 e. The fourth-order valence-corrected chi connectivity index (χ4v) is 2.16. The van der Waals surface area contributed by atoms with Gasteiger partial charge in [-0.25, -0.2) is 0 Å². The van der Waals surface area contributed by atoms with Crippen LogP contribution in [0.2, 0.25) is 0 Å². The fourth-order valence-electron chi connectivity index (χ4n) is 2.16. The molecule has 2 N–H and O–H groups in total. The normalized spacial score (nSPS) is 21.3. The monoisotopic (exact) mass is 235 g/mol.